The third kappa shape index (κ3) is 2.46. The van der Waals surface area contributed by atoms with E-state index in [1.54, 1.807) is 7.11 Å². The summed E-state index contributed by atoms with van der Waals surface area (Å²) in [6.07, 6.45) is 0.992. The quantitative estimate of drug-likeness (QED) is 0.685. The van der Waals surface area contributed by atoms with Crippen molar-refractivity contribution in [1.29, 1.82) is 0 Å². The van der Waals surface area contributed by atoms with E-state index in [0.717, 1.165) is 35.3 Å². The molecule has 2 aromatic carbocycles. The first-order chi connectivity index (χ1) is 13.6. The fraction of sp³-hybridized carbons (Fsp3) is 0.333. The van der Waals surface area contributed by atoms with Crippen molar-refractivity contribution in [3.8, 4) is 5.75 Å². The third-order valence-electron chi connectivity index (χ3n) is 5.96. The Morgan fingerprint density at radius 3 is 2.29 bits per heavy atom. The van der Waals surface area contributed by atoms with E-state index in [2.05, 4.69) is 25.9 Å². The molecule has 0 unspecified atom stereocenters. The molecule has 0 bridgehead atoms. The van der Waals surface area contributed by atoms with Crippen LogP contribution in [0.2, 0.25) is 0 Å². The van der Waals surface area contributed by atoms with Crippen LogP contribution in [-0.2, 0) is 9.59 Å². The molecule has 5 rings (SSSR count). The molecule has 2 amide bonds. The number of carbonyl (C=O) groups excluding carboxylic acids is 2. The number of hydrogen-bond donors (Lipinski definition) is 0. The summed E-state index contributed by atoms with van der Waals surface area (Å²) < 4.78 is 6.02. The number of rotatable bonds is 3. The van der Waals surface area contributed by atoms with Crippen molar-refractivity contribution in [2.45, 2.75) is 18.5 Å². The number of anilines is 1. The molecule has 3 saturated heterocycles. The van der Waals surface area contributed by atoms with Gasteiger partial charge in [0.05, 0.1) is 24.8 Å². The van der Waals surface area contributed by atoms with Crippen molar-refractivity contribution in [2.24, 2.45) is 5.92 Å². The first-order valence-electron chi connectivity index (χ1n) is 9.41. The Morgan fingerprint density at radius 1 is 0.929 bits per heavy atom. The van der Waals surface area contributed by atoms with Gasteiger partial charge in [-0.3, -0.25) is 9.59 Å². The van der Waals surface area contributed by atoms with Gasteiger partial charge in [0.2, 0.25) is 5.91 Å². The van der Waals surface area contributed by atoms with E-state index in [1.165, 1.54) is 4.90 Å². The molecular weight excluding hydrogens is 422 g/mol. The fourth-order valence-electron chi connectivity index (χ4n) is 4.78. The largest absolute Gasteiger partial charge is 0.497 e. The minimum absolute atomic E-state index is 0.128. The summed E-state index contributed by atoms with van der Waals surface area (Å²) in [7, 11) is 1.64. The molecule has 0 N–H and O–H groups in total. The van der Waals surface area contributed by atoms with Crippen LogP contribution in [0.5, 0.6) is 5.75 Å². The van der Waals surface area contributed by atoms with E-state index in [4.69, 9.17) is 4.74 Å². The molecule has 28 heavy (non-hydrogen) atoms. The van der Waals surface area contributed by atoms with E-state index >= 15 is 0 Å². The van der Waals surface area contributed by atoms with Crippen LogP contribution < -0.4 is 9.64 Å². The minimum atomic E-state index is -0.436. The zero-order valence-corrected chi connectivity index (χ0v) is 17.0. The number of imide groups is 1. The number of carbonyl (C=O) groups is 2. The van der Waals surface area contributed by atoms with Crippen molar-refractivity contribution in [1.82, 2.24) is 10.0 Å². The number of halogens is 1. The highest BCUT2D eigenvalue weighted by Gasteiger charge is 2.62. The van der Waals surface area contributed by atoms with Gasteiger partial charge in [-0.2, -0.15) is 0 Å². The Bertz CT molecular complexity index is 948. The number of fused-ring (bicyclic) bond motifs is 3. The van der Waals surface area contributed by atoms with Gasteiger partial charge in [-0.25, -0.2) is 14.9 Å². The Morgan fingerprint density at radius 2 is 1.61 bits per heavy atom. The Balaban J connectivity index is 1.58. The molecular formula is C21H20BrN3O3. The van der Waals surface area contributed by atoms with Gasteiger partial charge in [-0.15, -0.1) is 0 Å². The Kier molecular flexibility index (Phi) is 4.26. The number of para-hydroxylation sites is 1. The van der Waals surface area contributed by atoms with Crippen molar-refractivity contribution < 1.29 is 14.3 Å². The van der Waals surface area contributed by atoms with E-state index < -0.39 is 12.0 Å². The number of amides is 2. The lowest BCUT2D eigenvalue weighted by Gasteiger charge is -2.30. The van der Waals surface area contributed by atoms with E-state index in [0.29, 0.717) is 5.69 Å². The average molecular weight is 442 g/mol. The van der Waals surface area contributed by atoms with Gasteiger partial charge in [0.25, 0.3) is 5.91 Å². The summed E-state index contributed by atoms with van der Waals surface area (Å²) in [6, 6.07) is 14.6. The highest BCUT2D eigenvalue weighted by Crippen LogP contribution is 2.49. The second-order valence-corrected chi connectivity index (χ2v) is 8.19. The second-order valence-electron chi connectivity index (χ2n) is 7.33. The molecule has 0 spiro atoms. The van der Waals surface area contributed by atoms with Crippen LogP contribution in [0.1, 0.15) is 18.0 Å². The van der Waals surface area contributed by atoms with Crippen LogP contribution in [0.25, 0.3) is 0 Å². The van der Waals surface area contributed by atoms with Gasteiger partial charge >= 0.3 is 0 Å². The lowest BCUT2D eigenvalue weighted by Crippen LogP contribution is -2.44. The number of hydrogen-bond acceptors (Lipinski definition) is 5. The molecule has 0 radical (unpaired) electrons. The van der Waals surface area contributed by atoms with E-state index in [1.807, 2.05) is 48.5 Å². The normalized spacial score (nSPS) is 27.4. The summed E-state index contributed by atoms with van der Waals surface area (Å²) in [5, 5.41) is 4.32. The molecule has 7 heteroatoms. The van der Waals surface area contributed by atoms with Gasteiger partial charge < -0.3 is 4.74 Å². The van der Waals surface area contributed by atoms with Crippen LogP contribution in [-0.4, -0.2) is 48.1 Å². The van der Waals surface area contributed by atoms with Gasteiger partial charge in [-0.05, 0) is 52.2 Å². The first-order valence-corrected chi connectivity index (χ1v) is 10.2. The molecule has 3 aliphatic rings. The molecule has 0 aromatic heterocycles. The second kappa shape index (κ2) is 6.69. The van der Waals surface area contributed by atoms with Crippen LogP contribution >= 0.6 is 15.9 Å². The van der Waals surface area contributed by atoms with Crippen molar-refractivity contribution in [3.05, 3.63) is 58.6 Å². The van der Waals surface area contributed by atoms with Gasteiger partial charge in [0.15, 0.2) is 0 Å². The lowest BCUT2D eigenvalue weighted by molar-refractivity contribution is -0.126. The van der Waals surface area contributed by atoms with Crippen molar-refractivity contribution >= 4 is 33.4 Å². The van der Waals surface area contributed by atoms with Crippen molar-refractivity contribution in [2.75, 3.05) is 25.1 Å². The summed E-state index contributed by atoms with van der Waals surface area (Å²) >= 11 is 3.49. The monoisotopic (exact) mass is 441 g/mol. The molecule has 0 aliphatic carbocycles. The number of hydrazine groups is 1. The predicted molar refractivity (Wildman–Crippen MR) is 108 cm³/mol. The maximum absolute atomic E-state index is 13.5. The molecule has 2 aromatic rings. The zero-order chi connectivity index (χ0) is 19.4. The van der Waals surface area contributed by atoms with Gasteiger partial charge in [-0.1, -0.05) is 24.3 Å². The fourth-order valence-corrected chi connectivity index (χ4v) is 5.25. The number of ether oxygens (including phenoxy) is 1. The highest BCUT2D eigenvalue weighted by molar-refractivity contribution is 9.10. The van der Waals surface area contributed by atoms with Crippen molar-refractivity contribution in [3.63, 3.8) is 0 Å². The zero-order valence-electron chi connectivity index (χ0n) is 15.4. The lowest BCUT2D eigenvalue weighted by atomic mass is 9.90. The standard InChI is InChI=1S/C21H20BrN3O3/c1-28-14-9-7-13(8-10-14)18-17-19(24-12-4-11-23(18)24)21(27)25(20(17)26)16-6-3-2-5-15(16)22/h2-3,5-10,17-19H,4,11-12H2,1H3/t17-,18+,19-/m0/s1. The topological polar surface area (TPSA) is 53.1 Å². The molecule has 3 fully saturated rings. The maximum atomic E-state index is 13.5. The molecule has 3 heterocycles. The number of methoxy groups -OCH3 is 1. The van der Waals surface area contributed by atoms with E-state index in [9.17, 15) is 9.59 Å². The molecule has 0 saturated carbocycles. The number of nitrogens with zero attached hydrogens (tertiary/aromatic N) is 3. The van der Waals surface area contributed by atoms with Crippen LogP contribution in [0.3, 0.4) is 0 Å². The summed E-state index contributed by atoms with van der Waals surface area (Å²) in [6.45, 7) is 1.66. The summed E-state index contributed by atoms with van der Waals surface area (Å²) in [5.74, 6) is 0.107. The van der Waals surface area contributed by atoms with Gasteiger partial charge in [0.1, 0.15) is 11.8 Å². The van der Waals surface area contributed by atoms with E-state index in [-0.39, 0.29) is 17.9 Å². The Labute approximate surface area is 171 Å². The highest BCUT2D eigenvalue weighted by atomic mass is 79.9. The first kappa shape index (κ1) is 17.8. The summed E-state index contributed by atoms with van der Waals surface area (Å²) in [4.78, 5) is 28.2. The van der Waals surface area contributed by atoms with Crippen LogP contribution in [0.4, 0.5) is 5.69 Å². The molecule has 3 aliphatic heterocycles. The predicted octanol–water partition coefficient (Wildman–Crippen LogP) is 2.99. The molecule has 6 nitrogen and oxygen atoms in total. The number of benzene rings is 2. The maximum Gasteiger partial charge on any atom is 0.253 e. The summed E-state index contributed by atoms with van der Waals surface area (Å²) in [5.41, 5.74) is 1.65. The van der Waals surface area contributed by atoms with Gasteiger partial charge in [0, 0.05) is 17.6 Å². The third-order valence-corrected chi connectivity index (χ3v) is 6.63. The minimum Gasteiger partial charge on any atom is -0.497 e. The molecule has 3 atom stereocenters. The smallest absolute Gasteiger partial charge is 0.253 e. The SMILES string of the molecule is COc1ccc([C@@H]2[C@@H]3C(=O)N(c4ccccc4Br)C(=O)[C@H]3N3CCCN23)cc1. The van der Waals surface area contributed by atoms with Crippen LogP contribution in [0, 0.1) is 5.92 Å². The average Bonchev–Trinajstić information content (AvgIpc) is 3.35. The Hall–Kier alpha value is -2.22. The van der Waals surface area contributed by atoms with Crippen LogP contribution in [0.15, 0.2) is 53.0 Å². The molecule has 144 valence electrons.